The number of carboxylic acids is 1. The minimum Gasteiger partial charge on any atom is -0.494 e. The first-order valence-electron chi connectivity index (χ1n) is 14.2. The van der Waals surface area contributed by atoms with Gasteiger partial charge in [-0.3, -0.25) is 9.59 Å². The summed E-state index contributed by atoms with van der Waals surface area (Å²) in [5.74, 6) is -0.678. The Hall–Kier alpha value is -5.17. The summed E-state index contributed by atoms with van der Waals surface area (Å²) in [6, 6.07) is 29.9. The number of ketones is 1. The first kappa shape index (κ1) is 30.8. The Labute approximate surface area is 252 Å². The molecule has 0 saturated heterocycles. The monoisotopic (exact) mass is 576 g/mol. The number of hydrogen-bond donors (Lipinski definition) is 2. The van der Waals surface area contributed by atoms with Gasteiger partial charge in [-0.2, -0.15) is 0 Å². The van der Waals surface area contributed by atoms with Gasteiger partial charge in [0.2, 0.25) is 0 Å². The van der Waals surface area contributed by atoms with Crippen molar-refractivity contribution in [3.63, 3.8) is 0 Å². The molecule has 1 atom stereocenters. The van der Waals surface area contributed by atoms with E-state index in [1.54, 1.807) is 72.5 Å². The van der Waals surface area contributed by atoms with Crippen molar-refractivity contribution < 1.29 is 24.2 Å². The molecule has 0 bridgehead atoms. The summed E-state index contributed by atoms with van der Waals surface area (Å²) in [7, 11) is 0. The summed E-state index contributed by atoms with van der Waals surface area (Å²) < 4.78 is 5.91. The van der Waals surface area contributed by atoms with Crippen LogP contribution in [-0.4, -0.2) is 42.0 Å². The molecule has 0 spiro atoms. The lowest BCUT2D eigenvalue weighted by atomic mass is 10.00. The topological polar surface area (TPSA) is 95.9 Å². The number of carbonyl (C=O) groups excluding carboxylic acids is 2. The van der Waals surface area contributed by atoms with E-state index < -0.39 is 12.0 Å². The summed E-state index contributed by atoms with van der Waals surface area (Å²) >= 11 is 0. The van der Waals surface area contributed by atoms with Crippen LogP contribution in [0.4, 0.5) is 11.4 Å². The van der Waals surface area contributed by atoms with Crippen molar-refractivity contribution in [2.45, 2.75) is 32.7 Å². The van der Waals surface area contributed by atoms with E-state index >= 15 is 0 Å². The molecule has 0 radical (unpaired) electrons. The minimum absolute atomic E-state index is 0.123. The van der Waals surface area contributed by atoms with Crippen LogP contribution >= 0.6 is 0 Å². The van der Waals surface area contributed by atoms with E-state index in [9.17, 15) is 19.5 Å². The van der Waals surface area contributed by atoms with Gasteiger partial charge < -0.3 is 20.1 Å². The van der Waals surface area contributed by atoms with Gasteiger partial charge >= 0.3 is 5.97 Å². The normalized spacial score (nSPS) is 11.3. The van der Waals surface area contributed by atoms with Crippen LogP contribution in [0, 0.1) is 6.92 Å². The second-order valence-corrected chi connectivity index (χ2v) is 10.4. The number of benzene rings is 4. The molecule has 0 aromatic heterocycles. The van der Waals surface area contributed by atoms with E-state index in [0.29, 0.717) is 47.7 Å². The predicted molar refractivity (Wildman–Crippen MR) is 170 cm³/mol. The molecule has 4 rings (SSSR count). The fourth-order valence-electron chi connectivity index (χ4n) is 4.61. The number of hydrogen-bond acceptors (Lipinski definition) is 5. The molecule has 0 fully saturated rings. The highest BCUT2D eigenvalue weighted by Crippen LogP contribution is 2.22. The molecular formula is C36H36N2O5. The Morgan fingerprint density at radius 2 is 1.53 bits per heavy atom. The number of carboxylic acid groups (broad SMARTS) is 1. The van der Waals surface area contributed by atoms with Gasteiger partial charge in [-0.15, -0.1) is 0 Å². The SMILES string of the molecule is C=C(C)C(=O)N(CCCOc1ccc(CC(Nc2ccccc2C(=O)c2ccccc2)C(=O)O)cc1)c1ccc(C)cc1. The first-order valence-corrected chi connectivity index (χ1v) is 14.2. The van der Waals surface area contributed by atoms with Crippen LogP contribution in [0.2, 0.25) is 0 Å². The molecule has 4 aromatic rings. The zero-order chi connectivity index (χ0) is 30.8. The molecule has 0 heterocycles. The van der Waals surface area contributed by atoms with E-state index in [1.807, 2.05) is 49.4 Å². The van der Waals surface area contributed by atoms with E-state index in [-0.39, 0.29) is 18.1 Å². The van der Waals surface area contributed by atoms with E-state index in [2.05, 4.69) is 11.9 Å². The maximum atomic E-state index is 13.1. The molecule has 43 heavy (non-hydrogen) atoms. The highest BCUT2D eigenvalue weighted by molar-refractivity contribution is 6.12. The third-order valence-corrected chi connectivity index (χ3v) is 6.95. The molecule has 4 aromatic carbocycles. The molecule has 0 aliphatic rings. The average molecular weight is 577 g/mol. The molecular weight excluding hydrogens is 540 g/mol. The van der Waals surface area contributed by atoms with Crippen molar-refractivity contribution in [2.24, 2.45) is 0 Å². The van der Waals surface area contributed by atoms with E-state index in [1.165, 1.54) is 0 Å². The van der Waals surface area contributed by atoms with Gasteiger partial charge in [0.15, 0.2) is 5.78 Å². The van der Waals surface area contributed by atoms with Gasteiger partial charge in [0, 0.05) is 41.0 Å². The summed E-state index contributed by atoms with van der Waals surface area (Å²) in [6.45, 7) is 8.39. The number of ether oxygens (including phenoxy) is 1. The number of nitrogens with one attached hydrogen (secondary N) is 1. The van der Waals surface area contributed by atoms with Gasteiger partial charge in [-0.05, 0) is 62.2 Å². The second-order valence-electron chi connectivity index (χ2n) is 10.4. The molecule has 1 amide bonds. The Morgan fingerprint density at radius 3 is 2.19 bits per heavy atom. The van der Waals surface area contributed by atoms with Gasteiger partial charge in [-0.25, -0.2) is 4.79 Å². The summed E-state index contributed by atoms with van der Waals surface area (Å²) in [4.78, 5) is 39.7. The summed E-state index contributed by atoms with van der Waals surface area (Å²) in [5.41, 5.74) is 4.62. The number of anilines is 2. The van der Waals surface area contributed by atoms with Crippen molar-refractivity contribution in [2.75, 3.05) is 23.4 Å². The number of aryl methyl sites for hydroxylation is 1. The number of rotatable bonds is 14. The molecule has 7 heteroatoms. The van der Waals surface area contributed by atoms with Crippen LogP contribution in [-0.2, 0) is 16.0 Å². The van der Waals surface area contributed by atoms with Crippen molar-refractivity contribution in [1.82, 2.24) is 0 Å². The zero-order valence-corrected chi connectivity index (χ0v) is 24.5. The Balaban J connectivity index is 1.35. The van der Waals surface area contributed by atoms with Gasteiger partial charge in [0.05, 0.1) is 6.61 Å². The molecule has 7 nitrogen and oxygen atoms in total. The summed E-state index contributed by atoms with van der Waals surface area (Å²) in [6.07, 6.45) is 0.818. The highest BCUT2D eigenvalue weighted by Gasteiger charge is 2.21. The van der Waals surface area contributed by atoms with Gasteiger partial charge in [-0.1, -0.05) is 78.9 Å². The average Bonchev–Trinajstić information content (AvgIpc) is 3.02. The third kappa shape index (κ3) is 8.42. The number of para-hydroxylation sites is 1. The maximum absolute atomic E-state index is 13.1. The molecule has 0 aliphatic carbocycles. The second kappa shape index (κ2) is 14.6. The minimum atomic E-state index is -1.02. The number of carbonyl (C=O) groups is 3. The van der Waals surface area contributed by atoms with Crippen LogP contribution in [0.15, 0.2) is 115 Å². The number of nitrogens with zero attached hydrogens (tertiary/aromatic N) is 1. The van der Waals surface area contributed by atoms with Crippen LogP contribution in [0.3, 0.4) is 0 Å². The molecule has 220 valence electrons. The maximum Gasteiger partial charge on any atom is 0.326 e. The first-order chi connectivity index (χ1) is 20.7. The number of aliphatic carboxylic acids is 1. The fraction of sp³-hybridized carbons (Fsp3) is 0.194. The Kier molecular flexibility index (Phi) is 10.5. The third-order valence-electron chi connectivity index (χ3n) is 6.95. The molecule has 2 N–H and O–H groups in total. The quantitative estimate of drug-likeness (QED) is 0.0984. The van der Waals surface area contributed by atoms with E-state index in [0.717, 1.165) is 16.8 Å². The fourth-order valence-corrected chi connectivity index (χ4v) is 4.61. The van der Waals surface area contributed by atoms with Gasteiger partial charge in [0.1, 0.15) is 11.8 Å². The lowest BCUT2D eigenvalue weighted by molar-refractivity contribution is -0.137. The van der Waals surface area contributed by atoms with Crippen LogP contribution < -0.4 is 15.0 Å². The lowest BCUT2D eigenvalue weighted by Crippen LogP contribution is -2.33. The van der Waals surface area contributed by atoms with Crippen molar-refractivity contribution in [1.29, 1.82) is 0 Å². The highest BCUT2D eigenvalue weighted by atomic mass is 16.5. The van der Waals surface area contributed by atoms with Gasteiger partial charge in [0.25, 0.3) is 5.91 Å². The Morgan fingerprint density at radius 1 is 0.884 bits per heavy atom. The largest absolute Gasteiger partial charge is 0.494 e. The molecule has 0 aliphatic heterocycles. The summed E-state index contributed by atoms with van der Waals surface area (Å²) in [5, 5.41) is 13.0. The van der Waals surface area contributed by atoms with Crippen LogP contribution in [0.5, 0.6) is 5.75 Å². The number of amides is 1. The standard InChI is InChI=1S/C36H36N2O5/c1-25(2)35(40)38(29-18-14-26(3)15-19-29)22-9-23-43-30-20-16-27(17-21-30)24-33(36(41)42)37-32-13-8-7-12-31(32)34(39)28-10-5-4-6-11-28/h4-8,10-21,33,37H,1,9,22-24H2,2-3H3,(H,41,42). The smallest absolute Gasteiger partial charge is 0.326 e. The molecule has 1 unspecified atom stereocenters. The van der Waals surface area contributed by atoms with Crippen LogP contribution in [0.1, 0.15) is 40.4 Å². The zero-order valence-electron chi connectivity index (χ0n) is 24.5. The van der Waals surface area contributed by atoms with Crippen molar-refractivity contribution in [3.8, 4) is 5.75 Å². The molecule has 0 saturated carbocycles. The predicted octanol–water partition coefficient (Wildman–Crippen LogP) is 6.71. The van der Waals surface area contributed by atoms with Crippen LogP contribution in [0.25, 0.3) is 0 Å². The van der Waals surface area contributed by atoms with Crippen molar-refractivity contribution >= 4 is 29.0 Å². The Bertz CT molecular complexity index is 1560. The van der Waals surface area contributed by atoms with Crippen molar-refractivity contribution in [3.05, 3.63) is 138 Å². The van der Waals surface area contributed by atoms with E-state index in [4.69, 9.17) is 4.74 Å². The lowest BCUT2D eigenvalue weighted by Gasteiger charge is -2.23.